The van der Waals surface area contributed by atoms with E-state index in [1.54, 1.807) is 24.3 Å². The van der Waals surface area contributed by atoms with Crippen LogP contribution in [0.3, 0.4) is 0 Å². The van der Waals surface area contributed by atoms with Crippen LogP contribution in [0.5, 0.6) is 0 Å². The maximum absolute atomic E-state index is 11.9. The summed E-state index contributed by atoms with van der Waals surface area (Å²) in [5.41, 5.74) is 1.29. The Morgan fingerprint density at radius 2 is 1.81 bits per heavy atom. The van der Waals surface area contributed by atoms with E-state index in [0.717, 1.165) is 18.4 Å². The maximum Gasteiger partial charge on any atom is 0.251 e. The Labute approximate surface area is 123 Å². The molecule has 1 saturated carbocycles. The van der Waals surface area contributed by atoms with Crippen LogP contribution in [0.15, 0.2) is 24.3 Å². The molecule has 1 fully saturated rings. The van der Waals surface area contributed by atoms with Crippen molar-refractivity contribution >= 4 is 11.8 Å². The van der Waals surface area contributed by atoms with Gasteiger partial charge in [-0.3, -0.25) is 9.59 Å². The second kappa shape index (κ2) is 7.46. The highest BCUT2D eigenvalue weighted by atomic mass is 16.2. The van der Waals surface area contributed by atoms with E-state index in [1.807, 2.05) is 0 Å². The highest BCUT2D eigenvalue weighted by Gasteiger charge is 2.28. The van der Waals surface area contributed by atoms with Crippen LogP contribution >= 0.6 is 0 Å². The molecule has 0 spiro atoms. The van der Waals surface area contributed by atoms with Gasteiger partial charge < -0.3 is 15.7 Å². The number of hydrogen-bond donors (Lipinski definition) is 3. The van der Waals surface area contributed by atoms with Gasteiger partial charge >= 0.3 is 0 Å². The van der Waals surface area contributed by atoms with Crippen molar-refractivity contribution in [3.63, 3.8) is 0 Å². The Hall–Kier alpha value is -2.32. The summed E-state index contributed by atoms with van der Waals surface area (Å²) in [4.78, 5) is 23.3. The topological polar surface area (TPSA) is 78.4 Å². The van der Waals surface area contributed by atoms with Crippen LogP contribution < -0.4 is 10.6 Å². The lowest BCUT2D eigenvalue weighted by Crippen LogP contribution is -2.35. The zero-order valence-corrected chi connectivity index (χ0v) is 11.7. The van der Waals surface area contributed by atoms with E-state index in [2.05, 4.69) is 22.5 Å². The summed E-state index contributed by atoms with van der Waals surface area (Å²) in [6, 6.07) is 6.82. The van der Waals surface area contributed by atoms with E-state index in [1.165, 1.54) is 0 Å². The fraction of sp³-hybridized carbons (Fsp3) is 0.375. The smallest absolute Gasteiger partial charge is 0.251 e. The van der Waals surface area contributed by atoms with Crippen molar-refractivity contribution in [2.45, 2.75) is 12.8 Å². The minimum Gasteiger partial charge on any atom is -0.384 e. The Bertz CT molecular complexity index is 565. The normalized spacial score (nSPS) is 13.0. The number of amides is 2. The quantitative estimate of drug-likeness (QED) is 0.537. The van der Waals surface area contributed by atoms with E-state index in [9.17, 15) is 9.59 Å². The van der Waals surface area contributed by atoms with Crippen LogP contribution in [-0.4, -0.2) is 36.6 Å². The van der Waals surface area contributed by atoms with E-state index in [0.29, 0.717) is 18.7 Å². The largest absolute Gasteiger partial charge is 0.384 e. The Kier molecular flexibility index (Phi) is 5.35. The summed E-state index contributed by atoms with van der Waals surface area (Å²) >= 11 is 0. The molecular formula is C16H18N2O3. The molecule has 0 unspecified atom stereocenters. The molecule has 0 saturated heterocycles. The maximum atomic E-state index is 11.9. The Morgan fingerprint density at radius 3 is 2.43 bits per heavy atom. The number of carbonyl (C=O) groups is 2. The third kappa shape index (κ3) is 4.93. The molecule has 2 amide bonds. The average Bonchev–Trinajstić information content (AvgIpc) is 3.34. The van der Waals surface area contributed by atoms with E-state index < -0.39 is 0 Å². The fourth-order valence-electron chi connectivity index (χ4n) is 1.80. The standard InChI is InChI=1S/C16H18N2O3/c19-11-1-2-12-3-5-13(6-4-12)15(20)17-9-10-18-16(21)14-7-8-14/h3-6,14,19H,7-11H2,(H,17,20)(H,18,21). The number of aliphatic hydroxyl groups is 1. The Balaban J connectivity index is 1.73. The van der Waals surface area contributed by atoms with Gasteiger partial charge in [-0.15, -0.1) is 0 Å². The second-order valence-corrected chi connectivity index (χ2v) is 4.86. The predicted molar refractivity (Wildman–Crippen MR) is 78.5 cm³/mol. The summed E-state index contributed by atoms with van der Waals surface area (Å²) < 4.78 is 0. The number of hydrogen-bond acceptors (Lipinski definition) is 3. The zero-order valence-electron chi connectivity index (χ0n) is 11.7. The molecule has 1 aliphatic rings. The van der Waals surface area contributed by atoms with Gasteiger partial charge in [0.05, 0.1) is 0 Å². The van der Waals surface area contributed by atoms with Crippen molar-refractivity contribution in [2.24, 2.45) is 5.92 Å². The van der Waals surface area contributed by atoms with Crippen molar-refractivity contribution in [3.8, 4) is 11.8 Å². The molecule has 0 aliphatic heterocycles. The van der Waals surface area contributed by atoms with Crippen LogP contribution in [0.1, 0.15) is 28.8 Å². The molecule has 1 aliphatic carbocycles. The second-order valence-electron chi connectivity index (χ2n) is 4.86. The minimum absolute atomic E-state index is 0.0797. The molecule has 0 bridgehead atoms. The summed E-state index contributed by atoms with van der Waals surface area (Å²) in [5.74, 6) is 5.39. The van der Waals surface area contributed by atoms with Crippen LogP contribution in [0.4, 0.5) is 0 Å². The number of nitrogens with one attached hydrogen (secondary N) is 2. The lowest BCUT2D eigenvalue weighted by molar-refractivity contribution is -0.122. The van der Waals surface area contributed by atoms with Gasteiger partial charge in [-0.2, -0.15) is 0 Å². The van der Waals surface area contributed by atoms with Gasteiger partial charge in [0.15, 0.2) is 0 Å². The van der Waals surface area contributed by atoms with Crippen molar-refractivity contribution in [3.05, 3.63) is 35.4 Å². The fourth-order valence-corrected chi connectivity index (χ4v) is 1.80. The molecule has 5 nitrogen and oxygen atoms in total. The molecule has 0 aromatic heterocycles. The average molecular weight is 286 g/mol. The first-order chi connectivity index (χ1) is 10.2. The first-order valence-electron chi connectivity index (χ1n) is 6.96. The van der Waals surface area contributed by atoms with Gasteiger partial charge in [0, 0.05) is 30.1 Å². The number of carbonyl (C=O) groups excluding carboxylic acids is 2. The van der Waals surface area contributed by atoms with Gasteiger partial charge in [0.1, 0.15) is 6.61 Å². The number of benzene rings is 1. The van der Waals surface area contributed by atoms with Crippen molar-refractivity contribution in [1.82, 2.24) is 10.6 Å². The highest BCUT2D eigenvalue weighted by molar-refractivity contribution is 5.94. The van der Waals surface area contributed by atoms with Crippen LogP contribution in [0.2, 0.25) is 0 Å². The van der Waals surface area contributed by atoms with Crippen LogP contribution in [0.25, 0.3) is 0 Å². The molecule has 3 N–H and O–H groups in total. The summed E-state index contributed by atoms with van der Waals surface area (Å²) in [7, 11) is 0. The molecular weight excluding hydrogens is 268 g/mol. The SMILES string of the molecule is O=C(NCCNC(=O)C1CC1)c1ccc(C#CCO)cc1. The third-order valence-corrected chi connectivity index (χ3v) is 3.12. The molecule has 0 atom stereocenters. The number of aliphatic hydroxyl groups excluding tert-OH is 1. The van der Waals surface area contributed by atoms with E-state index >= 15 is 0 Å². The summed E-state index contributed by atoms with van der Waals surface area (Å²) in [6.45, 7) is 0.666. The van der Waals surface area contributed by atoms with Crippen molar-refractivity contribution in [2.75, 3.05) is 19.7 Å². The Morgan fingerprint density at radius 1 is 1.14 bits per heavy atom. The first kappa shape index (κ1) is 15.1. The van der Waals surface area contributed by atoms with Gasteiger partial charge in [-0.25, -0.2) is 0 Å². The van der Waals surface area contributed by atoms with Gasteiger partial charge in [-0.1, -0.05) is 11.8 Å². The van der Waals surface area contributed by atoms with Crippen LogP contribution in [0, 0.1) is 17.8 Å². The lowest BCUT2D eigenvalue weighted by Gasteiger charge is -2.06. The van der Waals surface area contributed by atoms with Crippen molar-refractivity contribution < 1.29 is 14.7 Å². The lowest BCUT2D eigenvalue weighted by atomic mass is 10.1. The van der Waals surface area contributed by atoms with E-state index in [-0.39, 0.29) is 24.3 Å². The van der Waals surface area contributed by atoms with Gasteiger partial charge in [0.25, 0.3) is 5.91 Å². The predicted octanol–water partition coefficient (Wildman–Crippen LogP) is 0.286. The minimum atomic E-state index is -0.186. The molecule has 0 radical (unpaired) electrons. The molecule has 21 heavy (non-hydrogen) atoms. The third-order valence-electron chi connectivity index (χ3n) is 3.12. The molecule has 1 aromatic carbocycles. The molecule has 5 heteroatoms. The molecule has 0 heterocycles. The van der Waals surface area contributed by atoms with Crippen molar-refractivity contribution in [1.29, 1.82) is 0 Å². The number of rotatable bonds is 5. The first-order valence-corrected chi connectivity index (χ1v) is 6.96. The van der Waals surface area contributed by atoms with Crippen LogP contribution in [-0.2, 0) is 4.79 Å². The monoisotopic (exact) mass is 286 g/mol. The zero-order chi connectivity index (χ0) is 15.1. The van der Waals surface area contributed by atoms with Gasteiger partial charge in [-0.05, 0) is 37.1 Å². The highest BCUT2D eigenvalue weighted by Crippen LogP contribution is 2.28. The summed E-state index contributed by atoms with van der Waals surface area (Å²) in [5, 5.41) is 14.1. The molecule has 2 rings (SSSR count). The summed E-state index contributed by atoms with van der Waals surface area (Å²) in [6.07, 6.45) is 1.95. The molecule has 1 aromatic rings. The van der Waals surface area contributed by atoms with E-state index in [4.69, 9.17) is 5.11 Å². The van der Waals surface area contributed by atoms with Gasteiger partial charge in [0.2, 0.25) is 5.91 Å². The molecule has 110 valence electrons.